The zero-order valence-corrected chi connectivity index (χ0v) is 29.5. The van der Waals surface area contributed by atoms with E-state index in [0.29, 0.717) is 11.6 Å². The lowest BCUT2D eigenvalue weighted by molar-refractivity contribution is 0.661. The highest BCUT2D eigenvalue weighted by atomic mass is 14.9. The molecule has 0 spiro atoms. The second-order valence-corrected chi connectivity index (χ2v) is 14.4. The average Bonchev–Trinajstić information content (AvgIpc) is 3.45. The van der Waals surface area contributed by atoms with Gasteiger partial charge in [-0.05, 0) is 73.6 Å². The minimum absolute atomic E-state index is 0.0692. The van der Waals surface area contributed by atoms with E-state index in [1.54, 1.807) is 0 Å². The number of nitrogens with zero attached hydrogens (tertiary/aromatic N) is 4. The zero-order chi connectivity index (χ0) is 35.5. The maximum atomic E-state index is 5.21. The summed E-state index contributed by atoms with van der Waals surface area (Å²) in [5, 5.41) is 4.94. The second kappa shape index (κ2) is 12.2. The monoisotopic (exact) mass is 678 g/mol. The molecule has 0 atom stereocenters. The molecule has 7 aromatic carbocycles. The van der Waals surface area contributed by atoms with Crippen LogP contribution in [-0.4, -0.2) is 19.9 Å². The number of rotatable bonds is 5. The van der Waals surface area contributed by atoms with Crippen LogP contribution in [0.25, 0.3) is 89.1 Å². The molecule has 4 nitrogen and oxygen atoms in total. The standard InChI is InChI=1S/C49H34N4/c1-49(2)43-16-10-9-15-39(43)42-25-36-23-19-32-20-24-37(26-40(32)41(36)27-44(42)49)46-28-45(33-11-5-3-6-12-33)52-48(53-46)35-21-17-31(18-22-35)38-29-50-47(51-30-38)34-13-7-4-8-14-34/h3-30H,1-2H3. The summed E-state index contributed by atoms with van der Waals surface area (Å²) in [4.78, 5) is 19.6. The summed E-state index contributed by atoms with van der Waals surface area (Å²) in [5.41, 5.74) is 13.2. The Kier molecular flexibility index (Phi) is 7.12. The predicted molar refractivity (Wildman–Crippen MR) is 217 cm³/mol. The number of aromatic nitrogens is 4. The van der Waals surface area contributed by atoms with Gasteiger partial charge < -0.3 is 0 Å². The molecule has 0 aliphatic heterocycles. The highest BCUT2D eigenvalue weighted by Gasteiger charge is 2.35. The summed E-state index contributed by atoms with van der Waals surface area (Å²) < 4.78 is 0. The normalized spacial score (nSPS) is 12.9. The molecule has 0 saturated carbocycles. The quantitative estimate of drug-likeness (QED) is 0.170. The van der Waals surface area contributed by atoms with Gasteiger partial charge in [0.25, 0.3) is 0 Å². The third-order valence-corrected chi connectivity index (χ3v) is 10.8. The minimum atomic E-state index is -0.0692. The highest BCUT2D eigenvalue weighted by molar-refractivity contribution is 6.10. The van der Waals surface area contributed by atoms with Crippen molar-refractivity contribution in [1.29, 1.82) is 0 Å². The van der Waals surface area contributed by atoms with Crippen molar-refractivity contribution in [2.45, 2.75) is 19.3 Å². The van der Waals surface area contributed by atoms with Crippen molar-refractivity contribution >= 4 is 21.5 Å². The van der Waals surface area contributed by atoms with Crippen molar-refractivity contribution in [3.05, 3.63) is 181 Å². The summed E-state index contributed by atoms with van der Waals surface area (Å²) in [5.74, 6) is 1.39. The molecule has 2 aromatic heterocycles. The maximum Gasteiger partial charge on any atom is 0.160 e. The molecule has 2 heterocycles. The topological polar surface area (TPSA) is 51.6 Å². The van der Waals surface area contributed by atoms with Crippen molar-refractivity contribution in [1.82, 2.24) is 19.9 Å². The fourth-order valence-corrected chi connectivity index (χ4v) is 7.92. The highest BCUT2D eigenvalue weighted by Crippen LogP contribution is 2.50. The lowest BCUT2D eigenvalue weighted by atomic mass is 9.81. The van der Waals surface area contributed by atoms with Crippen LogP contribution in [0.4, 0.5) is 0 Å². The van der Waals surface area contributed by atoms with E-state index >= 15 is 0 Å². The molecule has 0 radical (unpaired) electrons. The van der Waals surface area contributed by atoms with Crippen LogP contribution in [0, 0.1) is 0 Å². The van der Waals surface area contributed by atoms with Gasteiger partial charge in [0.15, 0.2) is 11.6 Å². The van der Waals surface area contributed by atoms with E-state index < -0.39 is 0 Å². The van der Waals surface area contributed by atoms with Crippen molar-refractivity contribution in [2.24, 2.45) is 0 Å². The first-order chi connectivity index (χ1) is 26.0. The molecule has 0 saturated heterocycles. The van der Waals surface area contributed by atoms with Crippen molar-refractivity contribution < 1.29 is 0 Å². The molecular formula is C49H34N4. The number of benzene rings is 7. The largest absolute Gasteiger partial charge is 0.236 e. The third-order valence-electron chi connectivity index (χ3n) is 10.8. The van der Waals surface area contributed by atoms with Gasteiger partial charge in [-0.1, -0.05) is 147 Å². The summed E-state index contributed by atoms with van der Waals surface area (Å²) >= 11 is 0. The molecule has 0 unspecified atom stereocenters. The van der Waals surface area contributed by atoms with Crippen LogP contribution in [-0.2, 0) is 5.41 Å². The summed E-state index contributed by atoms with van der Waals surface area (Å²) in [6.07, 6.45) is 3.76. The Labute approximate surface area is 308 Å². The van der Waals surface area contributed by atoms with Crippen molar-refractivity contribution in [3.63, 3.8) is 0 Å². The fourth-order valence-electron chi connectivity index (χ4n) is 7.92. The van der Waals surface area contributed by atoms with Crippen LogP contribution >= 0.6 is 0 Å². The molecule has 4 heteroatoms. The second-order valence-electron chi connectivity index (χ2n) is 14.4. The maximum absolute atomic E-state index is 5.21. The average molecular weight is 679 g/mol. The molecule has 1 aliphatic rings. The Bertz CT molecular complexity index is 2830. The van der Waals surface area contributed by atoms with Gasteiger partial charge in [-0.25, -0.2) is 19.9 Å². The van der Waals surface area contributed by atoms with Crippen LogP contribution in [0.5, 0.6) is 0 Å². The first kappa shape index (κ1) is 31.0. The number of fused-ring (bicyclic) bond motifs is 6. The lowest BCUT2D eigenvalue weighted by Crippen LogP contribution is -2.14. The molecule has 0 amide bonds. The van der Waals surface area contributed by atoms with Gasteiger partial charge in [-0.3, -0.25) is 0 Å². The van der Waals surface area contributed by atoms with Gasteiger partial charge in [-0.15, -0.1) is 0 Å². The van der Waals surface area contributed by atoms with Crippen LogP contribution in [0.15, 0.2) is 170 Å². The minimum Gasteiger partial charge on any atom is -0.236 e. The van der Waals surface area contributed by atoms with Crippen LogP contribution in [0.2, 0.25) is 0 Å². The summed E-state index contributed by atoms with van der Waals surface area (Å²) in [6, 6.07) is 55.7. The molecule has 250 valence electrons. The van der Waals surface area contributed by atoms with E-state index in [-0.39, 0.29) is 5.41 Å². The van der Waals surface area contributed by atoms with E-state index in [9.17, 15) is 0 Å². The number of hydrogen-bond donors (Lipinski definition) is 0. The van der Waals surface area contributed by atoms with Crippen LogP contribution in [0.3, 0.4) is 0 Å². The fraction of sp³-hybridized carbons (Fsp3) is 0.0612. The smallest absolute Gasteiger partial charge is 0.160 e. The Balaban J connectivity index is 1.06. The third kappa shape index (κ3) is 5.30. The Morgan fingerprint density at radius 2 is 0.943 bits per heavy atom. The van der Waals surface area contributed by atoms with Crippen molar-refractivity contribution in [3.8, 4) is 67.5 Å². The van der Waals surface area contributed by atoms with E-state index in [2.05, 4.69) is 145 Å². The summed E-state index contributed by atoms with van der Waals surface area (Å²) in [6.45, 7) is 4.69. The van der Waals surface area contributed by atoms with Gasteiger partial charge in [0.1, 0.15) is 0 Å². The van der Waals surface area contributed by atoms with E-state index in [1.807, 2.05) is 48.8 Å². The molecule has 1 aliphatic carbocycles. The zero-order valence-electron chi connectivity index (χ0n) is 29.5. The summed E-state index contributed by atoms with van der Waals surface area (Å²) in [7, 11) is 0. The van der Waals surface area contributed by atoms with Gasteiger partial charge in [0.05, 0.1) is 11.4 Å². The van der Waals surface area contributed by atoms with E-state index in [4.69, 9.17) is 9.97 Å². The Morgan fingerprint density at radius 1 is 0.377 bits per heavy atom. The van der Waals surface area contributed by atoms with E-state index in [0.717, 1.165) is 44.8 Å². The SMILES string of the molecule is CC1(C)c2ccccc2-c2cc3ccc4ccc(-c5cc(-c6ccccc6)nc(-c6ccc(-c7cnc(-c8ccccc8)nc7)cc6)n5)cc4c3cc21. The molecular weight excluding hydrogens is 645 g/mol. The Hall–Kier alpha value is -6.78. The van der Waals surface area contributed by atoms with E-state index in [1.165, 1.54) is 43.8 Å². The van der Waals surface area contributed by atoms with Crippen molar-refractivity contribution in [2.75, 3.05) is 0 Å². The molecule has 0 fully saturated rings. The van der Waals surface area contributed by atoms with Crippen LogP contribution < -0.4 is 0 Å². The van der Waals surface area contributed by atoms with Gasteiger partial charge in [0, 0.05) is 45.6 Å². The molecule has 53 heavy (non-hydrogen) atoms. The van der Waals surface area contributed by atoms with Gasteiger partial charge >= 0.3 is 0 Å². The molecule has 0 bridgehead atoms. The van der Waals surface area contributed by atoms with Crippen LogP contribution in [0.1, 0.15) is 25.0 Å². The molecule has 9 aromatic rings. The Morgan fingerprint density at radius 3 is 1.70 bits per heavy atom. The lowest BCUT2D eigenvalue weighted by Gasteiger charge is -2.22. The number of hydrogen-bond acceptors (Lipinski definition) is 4. The predicted octanol–water partition coefficient (Wildman–Crippen LogP) is 12.2. The molecule has 10 rings (SSSR count). The first-order valence-electron chi connectivity index (χ1n) is 18.0. The van der Waals surface area contributed by atoms with Gasteiger partial charge in [-0.2, -0.15) is 0 Å². The molecule has 0 N–H and O–H groups in total. The first-order valence-corrected chi connectivity index (χ1v) is 18.0. The van der Waals surface area contributed by atoms with Gasteiger partial charge in [0.2, 0.25) is 0 Å².